The number of benzene rings is 1. The summed E-state index contributed by atoms with van der Waals surface area (Å²) < 4.78 is 28.2. The van der Waals surface area contributed by atoms with Crippen molar-refractivity contribution in [1.29, 1.82) is 0 Å². The summed E-state index contributed by atoms with van der Waals surface area (Å²) in [5, 5.41) is -0.644. The average Bonchev–Trinajstić information content (AvgIpc) is 2.26. The van der Waals surface area contributed by atoms with Gasteiger partial charge in [-0.25, -0.2) is 8.42 Å². The van der Waals surface area contributed by atoms with Gasteiger partial charge < -0.3 is 4.74 Å². The van der Waals surface area contributed by atoms with E-state index in [1.165, 1.54) is 7.11 Å². The summed E-state index contributed by atoms with van der Waals surface area (Å²) in [7, 11) is 3.38. The minimum atomic E-state index is -3.58. The Hall–Kier alpha value is -0.580. The first-order valence-electron chi connectivity index (χ1n) is 5.08. The Bertz CT molecular complexity index is 484. The highest BCUT2D eigenvalue weighted by Crippen LogP contribution is 2.37. The van der Waals surface area contributed by atoms with E-state index in [0.717, 1.165) is 17.5 Å². The number of fused-ring (bicyclic) bond motifs is 1. The van der Waals surface area contributed by atoms with E-state index in [0.29, 0.717) is 6.42 Å². The monoisotopic (exact) mass is 260 g/mol. The highest BCUT2D eigenvalue weighted by molar-refractivity contribution is 8.14. The summed E-state index contributed by atoms with van der Waals surface area (Å²) in [5.41, 5.74) is 2.08. The number of rotatable bonds is 2. The second-order valence-electron chi connectivity index (χ2n) is 3.91. The van der Waals surface area contributed by atoms with E-state index >= 15 is 0 Å². The van der Waals surface area contributed by atoms with Gasteiger partial charge in [0.15, 0.2) is 0 Å². The first-order valence-corrected chi connectivity index (χ1v) is 7.45. The van der Waals surface area contributed by atoms with Crippen molar-refractivity contribution in [2.45, 2.75) is 24.2 Å². The Morgan fingerprint density at radius 3 is 2.69 bits per heavy atom. The summed E-state index contributed by atoms with van der Waals surface area (Å²) in [5.74, 6) is 0. The second-order valence-corrected chi connectivity index (χ2v) is 6.75. The van der Waals surface area contributed by atoms with Gasteiger partial charge in [0, 0.05) is 17.8 Å². The summed E-state index contributed by atoms with van der Waals surface area (Å²) in [6.45, 7) is 0. The van der Waals surface area contributed by atoms with E-state index in [1.54, 1.807) is 0 Å². The molecule has 0 saturated heterocycles. The highest BCUT2D eigenvalue weighted by Gasteiger charge is 2.37. The Kier molecular flexibility index (Phi) is 3.24. The van der Waals surface area contributed by atoms with Gasteiger partial charge in [0.1, 0.15) is 11.4 Å². The van der Waals surface area contributed by atoms with Gasteiger partial charge in [0.25, 0.3) is 0 Å². The van der Waals surface area contributed by atoms with Crippen molar-refractivity contribution in [2.75, 3.05) is 7.11 Å². The number of ether oxygens (including phenoxy) is 1. The number of aryl methyl sites for hydroxylation is 1. The Morgan fingerprint density at radius 2 is 2.06 bits per heavy atom. The van der Waals surface area contributed by atoms with E-state index in [4.69, 9.17) is 15.4 Å². The van der Waals surface area contributed by atoms with Crippen molar-refractivity contribution >= 4 is 19.7 Å². The van der Waals surface area contributed by atoms with Crippen LogP contribution in [0.5, 0.6) is 0 Å². The third kappa shape index (κ3) is 2.10. The van der Waals surface area contributed by atoms with Crippen LogP contribution in [0.3, 0.4) is 0 Å². The lowest BCUT2D eigenvalue weighted by Crippen LogP contribution is -2.31. The molecule has 88 valence electrons. The predicted octanol–water partition coefficient (Wildman–Crippen LogP) is 2.26. The molecule has 0 bridgehead atoms. The van der Waals surface area contributed by atoms with Crippen molar-refractivity contribution in [1.82, 2.24) is 0 Å². The fourth-order valence-electron chi connectivity index (χ4n) is 2.26. The quantitative estimate of drug-likeness (QED) is 0.766. The van der Waals surface area contributed by atoms with E-state index < -0.39 is 20.4 Å². The van der Waals surface area contributed by atoms with Gasteiger partial charge in [0.2, 0.25) is 9.05 Å². The molecule has 0 aromatic heterocycles. The first-order chi connectivity index (χ1) is 7.54. The minimum absolute atomic E-state index is 0.451. The molecule has 1 aliphatic carbocycles. The van der Waals surface area contributed by atoms with E-state index in [2.05, 4.69) is 0 Å². The van der Waals surface area contributed by atoms with E-state index in [-0.39, 0.29) is 0 Å². The predicted molar refractivity (Wildman–Crippen MR) is 63.1 cm³/mol. The van der Waals surface area contributed by atoms with Gasteiger partial charge in [-0.15, -0.1) is 0 Å². The van der Waals surface area contributed by atoms with Crippen LogP contribution in [0.4, 0.5) is 0 Å². The van der Waals surface area contributed by atoms with Gasteiger partial charge in [-0.05, 0) is 24.0 Å². The average molecular weight is 261 g/mol. The topological polar surface area (TPSA) is 43.4 Å². The zero-order valence-corrected chi connectivity index (χ0v) is 10.5. The van der Waals surface area contributed by atoms with Crippen LogP contribution >= 0.6 is 10.7 Å². The maximum absolute atomic E-state index is 11.5. The third-order valence-corrected chi connectivity index (χ3v) is 4.91. The summed E-state index contributed by atoms with van der Waals surface area (Å²) in [4.78, 5) is 0. The largest absolute Gasteiger partial charge is 0.375 e. The molecule has 5 heteroatoms. The maximum atomic E-state index is 11.5. The first kappa shape index (κ1) is 11.9. The molecule has 2 rings (SSSR count). The number of methoxy groups -OCH3 is 1. The molecule has 16 heavy (non-hydrogen) atoms. The van der Waals surface area contributed by atoms with Crippen LogP contribution in [-0.2, 0) is 20.2 Å². The SMILES string of the molecule is CO[C@@H]1c2ccccc2CC[C@H]1S(=O)(=O)Cl. The van der Waals surface area contributed by atoms with Crippen LogP contribution in [-0.4, -0.2) is 20.8 Å². The molecule has 0 spiro atoms. The molecule has 0 unspecified atom stereocenters. The Balaban J connectivity index is 2.45. The molecule has 1 aromatic rings. The van der Waals surface area contributed by atoms with Crippen LogP contribution in [0.25, 0.3) is 0 Å². The van der Waals surface area contributed by atoms with Crippen LogP contribution in [0.2, 0.25) is 0 Å². The molecule has 0 saturated carbocycles. The van der Waals surface area contributed by atoms with Crippen LogP contribution in [0.15, 0.2) is 24.3 Å². The van der Waals surface area contributed by atoms with Gasteiger partial charge in [-0.3, -0.25) is 0 Å². The smallest absolute Gasteiger partial charge is 0.238 e. The standard InChI is InChI=1S/C11H13ClO3S/c1-15-11-9-5-3-2-4-8(9)6-7-10(11)16(12,13)14/h2-5,10-11H,6-7H2,1H3/t10-,11-/m1/s1. The Morgan fingerprint density at radius 1 is 1.38 bits per heavy atom. The molecule has 3 nitrogen and oxygen atoms in total. The zero-order chi connectivity index (χ0) is 11.8. The van der Waals surface area contributed by atoms with E-state index in [1.807, 2.05) is 24.3 Å². The molecule has 2 atom stereocenters. The summed E-state index contributed by atoms with van der Waals surface area (Å²) >= 11 is 0. The normalized spacial score (nSPS) is 25.1. The van der Waals surface area contributed by atoms with Crippen molar-refractivity contribution in [3.63, 3.8) is 0 Å². The molecule has 0 fully saturated rings. The van der Waals surface area contributed by atoms with Crippen molar-refractivity contribution < 1.29 is 13.2 Å². The molecular weight excluding hydrogens is 248 g/mol. The molecule has 1 aliphatic rings. The third-order valence-electron chi connectivity index (χ3n) is 3.01. The number of hydrogen-bond acceptors (Lipinski definition) is 3. The molecule has 0 heterocycles. The maximum Gasteiger partial charge on any atom is 0.238 e. The fraction of sp³-hybridized carbons (Fsp3) is 0.455. The lowest BCUT2D eigenvalue weighted by Gasteiger charge is -2.30. The van der Waals surface area contributed by atoms with Crippen molar-refractivity contribution in [3.05, 3.63) is 35.4 Å². The molecule has 1 aromatic carbocycles. The number of hydrogen-bond donors (Lipinski definition) is 0. The number of halogens is 1. The van der Waals surface area contributed by atoms with Crippen LogP contribution in [0, 0.1) is 0 Å². The van der Waals surface area contributed by atoms with Gasteiger partial charge in [-0.2, -0.15) is 0 Å². The van der Waals surface area contributed by atoms with Gasteiger partial charge in [-0.1, -0.05) is 24.3 Å². The lowest BCUT2D eigenvalue weighted by atomic mass is 9.89. The fourth-order valence-corrected chi connectivity index (χ4v) is 3.76. The summed E-state index contributed by atoms with van der Waals surface area (Å²) in [6.07, 6.45) is 0.793. The highest BCUT2D eigenvalue weighted by atomic mass is 35.7. The zero-order valence-electron chi connectivity index (χ0n) is 8.89. The molecule has 0 radical (unpaired) electrons. The summed E-state index contributed by atoms with van der Waals surface area (Å²) in [6, 6.07) is 7.73. The molecule has 0 aliphatic heterocycles. The molecule has 0 N–H and O–H groups in total. The van der Waals surface area contributed by atoms with Crippen molar-refractivity contribution in [2.24, 2.45) is 0 Å². The van der Waals surface area contributed by atoms with E-state index in [9.17, 15) is 8.42 Å². The van der Waals surface area contributed by atoms with Crippen molar-refractivity contribution in [3.8, 4) is 0 Å². The Labute approximate surface area is 99.8 Å². The van der Waals surface area contributed by atoms with Gasteiger partial charge >= 0.3 is 0 Å². The molecule has 0 amide bonds. The van der Waals surface area contributed by atoms with Gasteiger partial charge in [0.05, 0.1) is 0 Å². The second kappa shape index (κ2) is 4.35. The minimum Gasteiger partial charge on any atom is -0.375 e. The molecular formula is C11H13ClO3S. The van der Waals surface area contributed by atoms with Crippen LogP contribution in [0.1, 0.15) is 23.7 Å². The van der Waals surface area contributed by atoms with Crippen LogP contribution < -0.4 is 0 Å². The lowest BCUT2D eigenvalue weighted by molar-refractivity contribution is 0.0913.